The maximum Gasteiger partial charge on any atom is 0.355 e. The number of hydrogen-bond acceptors (Lipinski definition) is 5. The Kier molecular flexibility index (Phi) is 6.09. The molecule has 1 aromatic heterocycles. The summed E-state index contributed by atoms with van der Waals surface area (Å²) in [5, 5.41) is 0. The van der Waals surface area contributed by atoms with Gasteiger partial charge in [0, 0.05) is 10.6 Å². The van der Waals surface area contributed by atoms with Gasteiger partial charge in [0.15, 0.2) is 0 Å². The van der Waals surface area contributed by atoms with E-state index in [-0.39, 0.29) is 13.2 Å². The highest BCUT2D eigenvalue weighted by atomic mass is 32.2. The Labute approximate surface area is 145 Å². The third kappa shape index (κ3) is 4.00. The van der Waals surface area contributed by atoms with Crippen molar-refractivity contribution in [2.24, 2.45) is 0 Å². The fourth-order valence-corrected chi connectivity index (χ4v) is 2.81. The Morgan fingerprint density at radius 3 is 2.33 bits per heavy atom. The number of rotatable bonds is 6. The second kappa shape index (κ2) is 8.06. The Balaban J connectivity index is 2.10. The molecular formula is C18H21NO4S. The Hall–Kier alpha value is -2.21. The molecule has 0 radical (unpaired) electrons. The summed E-state index contributed by atoms with van der Waals surface area (Å²) in [4.78, 5) is 28.3. The van der Waals surface area contributed by atoms with Crippen molar-refractivity contribution >= 4 is 23.7 Å². The van der Waals surface area contributed by atoms with Gasteiger partial charge in [-0.25, -0.2) is 9.59 Å². The summed E-state index contributed by atoms with van der Waals surface area (Å²) in [5.74, 6) is -0.921. The molecule has 2 aromatic rings. The minimum absolute atomic E-state index is 0.187. The van der Waals surface area contributed by atoms with Gasteiger partial charge in [0.05, 0.1) is 12.2 Å². The van der Waals surface area contributed by atoms with Crippen LogP contribution in [0.5, 0.6) is 0 Å². The van der Waals surface area contributed by atoms with Gasteiger partial charge in [-0.1, -0.05) is 12.1 Å². The zero-order valence-electron chi connectivity index (χ0n) is 14.3. The van der Waals surface area contributed by atoms with Crippen LogP contribution in [0.1, 0.15) is 44.6 Å². The summed E-state index contributed by atoms with van der Waals surface area (Å²) in [6.07, 6.45) is 2.01. The highest BCUT2D eigenvalue weighted by Crippen LogP contribution is 2.21. The van der Waals surface area contributed by atoms with E-state index in [0.717, 1.165) is 10.5 Å². The summed E-state index contributed by atoms with van der Waals surface area (Å²) in [7, 11) is 0. The molecule has 1 heterocycles. The van der Waals surface area contributed by atoms with Crippen LogP contribution in [-0.2, 0) is 16.1 Å². The Morgan fingerprint density at radius 2 is 1.75 bits per heavy atom. The van der Waals surface area contributed by atoms with Crippen LogP contribution in [0.4, 0.5) is 0 Å². The van der Waals surface area contributed by atoms with Gasteiger partial charge in [-0.05, 0) is 50.3 Å². The number of H-pyrrole nitrogens is 1. The molecule has 0 spiro atoms. The molecule has 0 bridgehead atoms. The van der Waals surface area contributed by atoms with E-state index in [1.54, 1.807) is 32.5 Å². The topological polar surface area (TPSA) is 68.4 Å². The van der Waals surface area contributed by atoms with E-state index < -0.39 is 11.9 Å². The molecule has 24 heavy (non-hydrogen) atoms. The lowest BCUT2D eigenvalue weighted by atomic mass is 10.1. The molecule has 0 saturated heterocycles. The Bertz CT molecular complexity index is 734. The van der Waals surface area contributed by atoms with Gasteiger partial charge in [0.25, 0.3) is 0 Å². The van der Waals surface area contributed by atoms with Gasteiger partial charge in [-0.2, -0.15) is 0 Å². The first kappa shape index (κ1) is 18.1. The molecule has 0 amide bonds. The molecule has 0 aliphatic heterocycles. The monoisotopic (exact) mass is 347 g/mol. The number of nitrogens with one attached hydrogen (secondary N) is 1. The van der Waals surface area contributed by atoms with Crippen molar-refractivity contribution in [3.05, 3.63) is 52.3 Å². The van der Waals surface area contributed by atoms with Crippen molar-refractivity contribution < 1.29 is 19.1 Å². The van der Waals surface area contributed by atoms with Gasteiger partial charge in [0.1, 0.15) is 12.3 Å². The van der Waals surface area contributed by atoms with Crippen LogP contribution >= 0.6 is 11.8 Å². The lowest BCUT2D eigenvalue weighted by molar-refractivity contribution is 0.0471. The third-order valence-corrected chi connectivity index (χ3v) is 4.39. The lowest BCUT2D eigenvalue weighted by Crippen LogP contribution is -2.09. The average molecular weight is 347 g/mol. The molecule has 0 saturated carbocycles. The highest BCUT2D eigenvalue weighted by molar-refractivity contribution is 7.98. The number of aromatic amines is 1. The van der Waals surface area contributed by atoms with Gasteiger partial charge in [-0.15, -0.1) is 11.8 Å². The van der Waals surface area contributed by atoms with E-state index >= 15 is 0 Å². The van der Waals surface area contributed by atoms with Crippen molar-refractivity contribution in [1.82, 2.24) is 4.98 Å². The zero-order valence-corrected chi connectivity index (χ0v) is 15.1. The van der Waals surface area contributed by atoms with Crippen LogP contribution in [-0.4, -0.2) is 29.8 Å². The standard InChI is InChI=1S/C18H21NO4S/c1-5-22-18(21)16-11(2)15(12(3)19-16)17(20)23-10-13-6-8-14(24-4)9-7-13/h6-9,19H,5,10H2,1-4H3. The fraction of sp³-hybridized carbons (Fsp3) is 0.333. The van der Waals surface area contributed by atoms with Crippen LogP contribution in [0.15, 0.2) is 29.2 Å². The van der Waals surface area contributed by atoms with E-state index in [0.29, 0.717) is 22.5 Å². The van der Waals surface area contributed by atoms with Gasteiger partial charge >= 0.3 is 11.9 Å². The van der Waals surface area contributed by atoms with E-state index in [9.17, 15) is 9.59 Å². The molecule has 0 aliphatic rings. The van der Waals surface area contributed by atoms with Gasteiger partial charge in [-0.3, -0.25) is 0 Å². The summed E-state index contributed by atoms with van der Waals surface area (Å²) in [6, 6.07) is 7.83. The summed E-state index contributed by atoms with van der Waals surface area (Å²) < 4.78 is 10.4. The molecule has 1 N–H and O–H groups in total. The maximum absolute atomic E-state index is 12.4. The number of ether oxygens (including phenoxy) is 2. The van der Waals surface area contributed by atoms with E-state index in [4.69, 9.17) is 9.47 Å². The molecule has 2 rings (SSSR count). The van der Waals surface area contributed by atoms with Crippen molar-refractivity contribution in [3.8, 4) is 0 Å². The van der Waals surface area contributed by atoms with Gasteiger partial charge in [0.2, 0.25) is 0 Å². The predicted molar refractivity (Wildman–Crippen MR) is 93.6 cm³/mol. The number of thioether (sulfide) groups is 1. The normalized spacial score (nSPS) is 10.5. The molecule has 5 nitrogen and oxygen atoms in total. The van der Waals surface area contributed by atoms with Crippen LogP contribution in [0.3, 0.4) is 0 Å². The minimum Gasteiger partial charge on any atom is -0.461 e. The number of aryl methyl sites for hydroxylation is 1. The number of hydrogen-bond donors (Lipinski definition) is 1. The van der Waals surface area contributed by atoms with Crippen LogP contribution < -0.4 is 0 Å². The number of aromatic nitrogens is 1. The van der Waals surface area contributed by atoms with E-state index in [1.807, 2.05) is 30.5 Å². The van der Waals surface area contributed by atoms with E-state index in [1.165, 1.54) is 0 Å². The number of esters is 2. The zero-order chi connectivity index (χ0) is 17.7. The highest BCUT2D eigenvalue weighted by Gasteiger charge is 2.23. The summed E-state index contributed by atoms with van der Waals surface area (Å²) >= 11 is 1.66. The first-order chi connectivity index (χ1) is 11.5. The van der Waals surface area contributed by atoms with Crippen molar-refractivity contribution in [1.29, 1.82) is 0 Å². The van der Waals surface area contributed by atoms with E-state index in [2.05, 4.69) is 4.98 Å². The fourth-order valence-electron chi connectivity index (χ4n) is 2.41. The van der Waals surface area contributed by atoms with Crippen molar-refractivity contribution in [2.75, 3.05) is 12.9 Å². The second-order valence-corrected chi connectivity index (χ2v) is 6.15. The maximum atomic E-state index is 12.4. The lowest BCUT2D eigenvalue weighted by Gasteiger charge is -2.06. The quantitative estimate of drug-likeness (QED) is 0.634. The molecule has 128 valence electrons. The molecular weight excluding hydrogens is 326 g/mol. The molecule has 0 aliphatic carbocycles. The first-order valence-corrected chi connectivity index (χ1v) is 8.86. The number of carbonyl (C=O) groups is 2. The van der Waals surface area contributed by atoms with Crippen molar-refractivity contribution in [2.45, 2.75) is 32.3 Å². The van der Waals surface area contributed by atoms with Crippen LogP contribution in [0.25, 0.3) is 0 Å². The molecule has 0 unspecified atom stereocenters. The largest absolute Gasteiger partial charge is 0.461 e. The first-order valence-electron chi connectivity index (χ1n) is 7.64. The predicted octanol–water partition coefficient (Wildman–Crippen LogP) is 3.89. The average Bonchev–Trinajstić information content (AvgIpc) is 2.88. The van der Waals surface area contributed by atoms with Crippen molar-refractivity contribution in [3.63, 3.8) is 0 Å². The smallest absolute Gasteiger partial charge is 0.355 e. The second-order valence-electron chi connectivity index (χ2n) is 5.27. The summed E-state index contributed by atoms with van der Waals surface area (Å²) in [6.45, 7) is 5.65. The minimum atomic E-state index is -0.468. The number of benzene rings is 1. The molecule has 6 heteroatoms. The number of carbonyl (C=O) groups excluding carboxylic acids is 2. The Morgan fingerprint density at radius 1 is 1.08 bits per heavy atom. The van der Waals surface area contributed by atoms with Crippen LogP contribution in [0, 0.1) is 13.8 Å². The summed E-state index contributed by atoms with van der Waals surface area (Å²) in [5.41, 5.74) is 2.74. The third-order valence-electron chi connectivity index (χ3n) is 3.65. The van der Waals surface area contributed by atoms with Crippen LogP contribution in [0.2, 0.25) is 0 Å². The molecule has 0 fully saturated rings. The van der Waals surface area contributed by atoms with Gasteiger partial charge < -0.3 is 14.5 Å². The SMILES string of the molecule is CCOC(=O)c1[nH]c(C)c(C(=O)OCc2ccc(SC)cc2)c1C. The molecule has 0 atom stereocenters. The molecule has 1 aromatic carbocycles.